The van der Waals surface area contributed by atoms with E-state index in [0.717, 1.165) is 18.5 Å². The number of rotatable bonds is 8. The maximum absolute atomic E-state index is 4.11. The van der Waals surface area contributed by atoms with E-state index in [2.05, 4.69) is 61.6 Å². The highest BCUT2D eigenvalue weighted by atomic mass is 14.9. The molecular formula is C18H28N2. The van der Waals surface area contributed by atoms with Crippen LogP contribution in [0.15, 0.2) is 48.4 Å². The highest BCUT2D eigenvalue weighted by molar-refractivity contribution is 5.31. The van der Waals surface area contributed by atoms with Crippen molar-refractivity contribution in [3.8, 4) is 0 Å². The predicted molar refractivity (Wildman–Crippen MR) is 87.3 cm³/mol. The summed E-state index contributed by atoms with van der Waals surface area (Å²) in [4.78, 5) is 0. The van der Waals surface area contributed by atoms with Gasteiger partial charge in [-0.15, -0.1) is 0 Å². The van der Waals surface area contributed by atoms with E-state index < -0.39 is 0 Å². The van der Waals surface area contributed by atoms with Gasteiger partial charge < -0.3 is 10.6 Å². The standard InChI is InChI=1S/C18H28N2/c1-4-6-9-16(20-14(3)5-2)12-15-13-19-18-11-8-7-10-17(15)18/h7-8,10-11,13,16-20H,3-6,9,12H2,1-2H3. The lowest BCUT2D eigenvalue weighted by Crippen LogP contribution is -2.30. The van der Waals surface area contributed by atoms with Crippen LogP contribution in [0, 0.1) is 5.92 Å². The summed E-state index contributed by atoms with van der Waals surface area (Å²) in [5, 5.41) is 7.11. The molecule has 0 bridgehead atoms. The quantitative estimate of drug-likeness (QED) is 0.696. The van der Waals surface area contributed by atoms with Crippen molar-refractivity contribution >= 4 is 0 Å². The zero-order valence-corrected chi connectivity index (χ0v) is 12.9. The molecule has 20 heavy (non-hydrogen) atoms. The Balaban J connectivity index is 1.94. The van der Waals surface area contributed by atoms with Crippen LogP contribution in [0.1, 0.15) is 46.0 Å². The van der Waals surface area contributed by atoms with E-state index in [1.165, 1.54) is 24.8 Å². The minimum atomic E-state index is 0.469. The Bertz CT molecular complexity index is 417. The highest BCUT2D eigenvalue weighted by Gasteiger charge is 2.28. The first-order valence-corrected chi connectivity index (χ1v) is 7.98. The lowest BCUT2D eigenvalue weighted by molar-refractivity contribution is 0.479. The molecule has 1 heterocycles. The second kappa shape index (κ2) is 7.37. The third-order valence-corrected chi connectivity index (χ3v) is 4.25. The molecule has 1 aliphatic carbocycles. The van der Waals surface area contributed by atoms with Crippen molar-refractivity contribution in [2.24, 2.45) is 5.92 Å². The summed E-state index contributed by atoms with van der Waals surface area (Å²) < 4.78 is 0. The topological polar surface area (TPSA) is 24.1 Å². The highest BCUT2D eigenvalue weighted by Crippen LogP contribution is 2.30. The first kappa shape index (κ1) is 15.0. The van der Waals surface area contributed by atoms with Gasteiger partial charge in [-0.1, -0.05) is 57.6 Å². The van der Waals surface area contributed by atoms with Gasteiger partial charge in [0.05, 0.1) is 6.04 Å². The third kappa shape index (κ3) is 3.78. The summed E-state index contributed by atoms with van der Waals surface area (Å²) in [5.74, 6) is 0.542. The third-order valence-electron chi connectivity index (χ3n) is 4.25. The Hall–Kier alpha value is -1.44. The fourth-order valence-corrected chi connectivity index (χ4v) is 2.97. The summed E-state index contributed by atoms with van der Waals surface area (Å²) >= 11 is 0. The minimum Gasteiger partial charge on any atom is -0.386 e. The van der Waals surface area contributed by atoms with E-state index in [9.17, 15) is 0 Å². The number of allylic oxidation sites excluding steroid dienone is 3. The van der Waals surface area contributed by atoms with Gasteiger partial charge in [-0.05, 0) is 31.0 Å². The maximum Gasteiger partial charge on any atom is 0.0542 e. The molecule has 2 nitrogen and oxygen atoms in total. The first-order valence-electron chi connectivity index (χ1n) is 7.98. The number of nitrogens with one attached hydrogen (secondary N) is 2. The second-order valence-corrected chi connectivity index (χ2v) is 5.85. The van der Waals surface area contributed by atoms with Gasteiger partial charge in [0.15, 0.2) is 0 Å². The summed E-state index contributed by atoms with van der Waals surface area (Å²) in [6.07, 6.45) is 17.0. The molecule has 0 amide bonds. The molecule has 2 rings (SSSR count). The molecule has 0 saturated carbocycles. The van der Waals surface area contributed by atoms with Crippen molar-refractivity contribution in [1.82, 2.24) is 10.6 Å². The molecule has 3 atom stereocenters. The Kier molecular flexibility index (Phi) is 5.51. The van der Waals surface area contributed by atoms with Crippen LogP contribution in [-0.2, 0) is 0 Å². The molecule has 0 saturated heterocycles. The van der Waals surface area contributed by atoms with Gasteiger partial charge in [0.25, 0.3) is 0 Å². The van der Waals surface area contributed by atoms with Gasteiger partial charge in [-0.25, -0.2) is 0 Å². The van der Waals surface area contributed by atoms with Gasteiger partial charge in [0.1, 0.15) is 0 Å². The summed E-state index contributed by atoms with van der Waals surface area (Å²) in [6, 6.07) is 0.990. The Morgan fingerprint density at radius 1 is 1.35 bits per heavy atom. The summed E-state index contributed by atoms with van der Waals surface area (Å²) in [7, 11) is 0. The molecule has 2 aliphatic rings. The monoisotopic (exact) mass is 272 g/mol. The average Bonchev–Trinajstić information content (AvgIpc) is 2.88. The van der Waals surface area contributed by atoms with Crippen LogP contribution in [0.3, 0.4) is 0 Å². The lowest BCUT2D eigenvalue weighted by Gasteiger charge is -2.25. The smallest absolute Gasteiger partial charge is 0.0542 e. The van der Waals surface area contributed by atoms with Gasteiger partial charge in [0, 0.05) is 17.7 Å². The van der Waals surface area contributed by atoms with Crippen LogP contribution >= 0.6 is 0 Å². The van der Waals surface area contributed by atoms with Crippen LogP contribution in [0.5, 0.6) is 0 Å². The van der Waals surface area contributed by atoms with Crippen LogP contribution in [0.4, 0.5) is 0 Å². The molecule has 2 N–H and O–H groups in total. The molecule has 1 aliphatic heterocycles. The zero-order valence-electron chi connectivity index (χ0n) is 12.9. The van der Waals surface area contributed by atoms with Crippen LogP contribution in [0.25, 0.3) is 0 Å². The van der Waals surface area contributed by atoms with Crippen LogP contribution in [-0.4, -0.2) is 12.1 Å². The fourth-order valence-electron chi connectivity index (χ4n) is 2.97. The molecule has 3 unspecified atom stereocenters. The van der Waals surface area contributed by atoms with Crippen molar-refractivity contribution in [2.45, 2.75) is 58.0 Å². The van der Waals surface area contributed by atoms with Gasteiger partial charge in [-0.3, -0.25) is 0 Å². The van der Waals surface area contributed by atoms with Crippen molar-refractivity contribution < 1.29 is 0 Å². The molecular weight excluding hydrogens is 244 g/mol. The number of hydrogen-bond donors (Lipinski definition) is 2. The largest absolute Gasteiger partial charge is 0.386 e. The molecule has 0 aromatic rings. The molecule has 0 radical (unpaired) electrons. The van der Waals surface area contributed by atoms with Crippen molar-refractivity contribution in [1.29, 1.82) is 0 Å². The Morgan fingerprint density at radius 2 is 2.15 bits per heavy atom. The van der Waals surface area contributed by atoms with Gasteiger partial charge in [-0.2, -0.15) is 0 Å². The lowest BCUT2D eigenvalue weighted by atomic mass is 9.87. The molecule has 0 spiro atoms. The molecule has 2 heteroatoms. The van der Waals surface area contributed by atoms with Crippen molar-refractivity contribution in [3.63, 3.8) is 0 Å². The predicted octanol–water partition coefficient (Wildman–Crippen LogP) is 4.05. The number of hydrogen-bond acceptors (Lipinski definition) is 2. The summed E-state index contributed by atoms with van der Waals surface area (Å²) in [6.45, 7) is 8.52. The molecule has 0 fully saturated rings. The van der Waals surface area contributed by atoms with E-state index >= 15 is 0 Å². The van der Waals surface area contributed by atoms with Crippen molar-refractivity contribution in [3.05, 3.63) is 48.4 Å². The van der Waals surface area contributed by atoms with E-state index in [1.807, 2.05) is 0 Å². The molecule has 110 valence electrons. The Morgan fingerprint density at radius 3 is 2.90 bits per heavy atom. The van der Waals surface area contributed by atoms with Crippen LogP contribution in [0.2, 0.25) is 0 Å². The molecule has 0 aromatic carbocycles. The van der Waals surface area contributed by atoms with E-state index in [1.54, 1.807) is 0 Å². The normalized spacial score (nSPS) is 24.8. The maximum atomic E-state index is 4.11. The SMILES string of the molecule is C=C(CC)NC(CCCC)CC1=CNC2C=CC=CC12. The minimum absolute atomic E-state index is 0.469. The molecule has 0 aromatic heterocycles. The summed E-state index contributed by atoms with van der Waals surface area (Å²) in [5.41, 5.74) is 2.68. The van der Waals surface area contributed by atoms with E-state index in [4.69, 9.17) is 0 Å². The Labute approximate surface area is 123 Å². The van der Waals surface area contributed by atoms with E-state index in [0.29, 0.717) is 18.0 Å². The zero-order chi connectivity index (χ0) is 14.4. The second-order valence-electron chi connectivity index (χ2n) is 5.85. The first-order chi connectivity index (χ1) is 9.74. The van der Waals surface area contributed by atoms with E-state index in [-0.39, 0.29) is 0 Å². The van der Waals surface area contributed by atoms with Crippen molar-refractivity contribution in [2.75, 3.05) is 0 Å². The fraction of sp³-hybridized carbons (Fsp3) is 0.556. The number of fused-ring (bicyclic) bond motifs is 1. The van der Waals surface area contributed by atoms with Gasteiger partial charge in [0.2, 0.25) is 0 Å². The number of unbranched alkanes of at least 4 members (excludes halogenated alkanes) is 1. The average molecular weight is 272 g/mol. The van der Waals surface area contributed by atoms with Crippen LogP contribution < -0.4 is 10.6 Å². The van der Waals surface area contributed by atoms with Gasteiger partial charge >= 0.3 is 0 Å².